The van der Waals surface area contributed by atoms with Crippen LogP contribution in [0.5, 0.6) is 0 Å². The largest absolute Gasteiger partial charge is 0.268 e. The highest BCUT2D eigenvalue weighted by molar-refractivity contribution is 6.34. The van der Waals surface area contributed by atoms with Crippen LogP contribution in [0, 0.1) is 12.7 Å². The van der Waals surface area contributed by atoms with Gasteiger partial charge in [0.2, 0.25) is 0 Å². The molecule has 0 saturated heterocycles. The van der Waals surface area contributed by atoms with Crippen LogP contribution in [0.25, 0.3) is 0 Å². The summed E-state index contributed by atoms with van der Waals surface area (Å²) in [5.41, 5.74) is 1.64. The third-order valence-electron chi connectivity index (χ3n) is 3.08. The number of benzene rings is 2. The fourth-order valence-electron chi connectivity index (χ4n) is 2.27. The van der Waals surface area contributed by atoms with Crippen molar-refractivity contribution in [2.45, 2.75) is 6.92 Å². The maximum atomic E-state index is 13.4. The number of halogens is 1. The van der Waals surface area contributed by atoms with Gasteiger partial charge in [-0.2, -0.15) is 0 Å². The molecule has 2 aromatic carbocycles. The lowest BCUT2D eigenvalue weighted by Crippen LogP contribution is -2.29. The summed E-state index contributed by atoms with van der Waals surface area (Å²) < 4.78 is 13.4. The first-order chi connectivity index (χ1) is 9.08. The third kappa shape index (κ3) is 1.73. The molecule has 0 N–H and O–H groups in total. The zero-order chi connectivity index (χ0) is 13.6. The first-order valence-electron chi connectivity index (χ1n) is 5.83. The lowest BCUT2D eigenvalue weighted by Gasteiger charge is -2.14. The van der Waals surface area contributed by atoms with Crippen LogP contribution >= 0.6 is 0 Å². The van der Waals surface area contributed by atoms with Crippen LogP contribution < -0.4 is 4.90 Å². The van der Waals surface area contributed by atoms with Crippen LogP contribution in [0.3, 0.4) is 0 Å². The molecule has 19 heavy (non-hydrogen) atoms. The lowest BCUT2D eigenvalue weighted by molar-refractivity contribution is 0.0926. The van der Waals surface area contributed by atoms with E-state index in [4.69, 9.17) is 0 Å². The highest BCUT2D eigenvalue weighted by Gasteiger charge is 2.36. The highest BCUT2D eigenvalue weighted by Crippen LogP contribution is 2.29. The smallest absolute Gasteiger partial charge is 0.266 e. The van der Waals surface area contributed by atoms with Crippen molar-refractivity contribution in [1.82, 2.24) is 0 Å². The third-order valence-corrected chi connectivity index (χ3v) is 3.08. The number of hydrogen-bond donors (Lipinski definition) is 0. The van der Waals surface area contributed by atoms with Crippen molar-refractivity contribution >= 4 is 17.5 Å². The van der Waals surface area contributed by atoms with Crippen LogP contribution in [0.1, 0.15) is 26.3 Å². The Labute approximate surface area is 109 Å². The van der Waals surface area contributed by atoms with Gasteiger partial charge in [-0.1, -0.05) is 12.1 Å². The SMILES string of the molecule is Cc1cc(F)cc(N2C(=O)c3ccccc3C2=O)c1. The molecule has 1 aliphatic rings. The number of aryl methyl sites for hydroxylation is 1. The number of rotatable bonds is 1. The number of fused-ring (bicyclic) bond motifs is 1. The summed E-state index contributed by atoms with van der Waals surface area (Å²) in [7, 11) is 0. The number of hydrogen-bond acceptors (Lipinski definition) is 2. The van der Waals surface area contributed by atoms with E-state index in [1.807, 2.05) is 0 Å². The van der Waals surface area contributed by atoms with Gasteiger partial charge in [0.25, 0.3) is 11.8 Å². The Morgan fingerprint density at radius 1 is 0.947 bits per heavy atom. The Morgan fingerprint density at radius 2 is 1.53 bits per heavy atom. The summed E-state index contributed by atoms with van der Waals surface area (Å²) in [5.74, 6) is -1.29. The minimum absolute atomic E-state index is 0.267. The molecule has 3 nitrogen and oxygen atoms in total. The maximum Gasteiger partial charge on any atom is 0.266 e. The number of nitrogens with zero attached hydrogens (tertiary/aromatic N) is 1. The Balaban J connectivity index is 2.14. The molecule has 2 amide bonds. The molecule has 0 fully saturated rings. The van der Waals surface area contributed by atoms with Crippen LogP contribution in [0.4, 0.5) is 10.1 Å². The van der Waals surface area contributed by atoms with Crippen molar-refractivity contribution in [3.63, 3.8) is 0 Å². The number of anilines is 1. The summed E-state index contributed by atoms with van der Waals surface area (Å²) in [6, 6.07) is 10.7. The minimum Gasteiger partial charge on any atom is -0.268 e. The summed E-state index contributed by atoms with van der Waals surface area (Å²) >= 11 is 0. The molecule has 0 spiro atoms. The van der Waals surface area contributed by atoms with Gasteiger partial charge in [0.1, 0.15) is 5.82 Å². The van der Waals surface area contributed by atoms with Gasteiger partial charge in [-0.05, 0) is 42.8 Å². The minimum atomic E-state index is -0.466. The van der Waals surface area contributed by atoms with Crippen LogP contribution in [0.15, 0.2) is 42.5 Å². The van der Waals surface area contributed by atoms with Gasteiger partial charge in [-0.3, -0.25) is 9.59 Å². The molecule has 3 rings (SSSR count). The van der Waals surface area contributed by atoms with Crippen molar-refractivity contribution in [3.8, 4) is 0 Å². The zero-order valence-corrected chi connectivity index (χ0v) is 10.2. The number of imide groups is 1. The van der Waals surface area contributed by atoms with Gasteiger partial charge >= 0.3 is 0 Å². The number of amides is 2. The summed E-state index contributed by atoms with van der Waals surface area (Å²) in [6.45, 7) is 1.71. The second-order valence-corrected chi connectivity index (χ2v) is 4.48. The summed E-state index contributed by atoms with van der Waals surface area (Å²) in [6.07, 6.45) is 0. The van der Waals surface area contributed by atoms with Gasteiger partial charge in [0.05, 0.1) is 16.8 Å². The highest BCUT2D eigenvalue weighted by atomic mass is 19.1. The Bertz CT molecular complexity index is 654. The van der Waals surface area contributed by atoms with Crippen LogP contribution in [-0.2, 0) is 0 Å². The van der Waals surface area contributed by atoms with E-state index >= 15 is 0 Å². The topological polar surface area (TPSA) is 37.4 Å². The second-order valence-electron chi connectivity index (χ2n) is 4.48. The normalized spacial score (nSPS) is 13.9. The quantitative estimate of drug-likeness (QED) is 0.735. The first kappa shape index (κ1) is 11.6. The van der Waals surface area contributed by atoms with Crippen molar-refractivity contribution in [2.24, 2.45) is 0 Å². The van der Waals surface area contributed by atoms with E-state index in [9.17, 15) is 14.0 Å². The van der Waals surface area contributed by atoms with Crippen molar-refractivity contribution in [2.75, 3.05) is 4.90 Å². The Hall–Kier alpha value is -2.49. The average Bonchev–Trinajstić information content (AvgIpc) is 2.61. The molecule has 0 saturated carbocycles. The second kappa shape index (κ2) is 4.02. The Morgan fingerprint density at radius 3 is 2.05 bits per heavy atom. The van der Waals surface area contributed by atoms with Crippen LogP contribution in [0.2, 0.25) is 0 Å². The average molecular weight is 255 g/mol. The van der Waals surface area contributed by atoms with Gasteiger partial charge in [-0.15, -0.1) is 0 Å². The molecule has 0 unspecified atom stereocenters. The summed E-state index contributed by atoms with van der Waals surface area (Å²) in [5, 5.41) is 0. The molecule has 0 atom stereocenters. The van der Waals surface area contributed by atoms with E-state index in [1.54, 1.807) is 37.3 Å². The standard InChI is InChI=1S/C15H10FNO2/c1-9-6-10(16)8-11(7-9)17-14(18)12-4-2-3-5-13(12)15(17)19/h2-8H,1H3. The van der Waals surface area contributed by atoms with Crippen molar-refractivity contribution in [3.05, 3.63) is 65.0 Å². The van der Waals surface area contributed by atoms with E-state index in [1.165, 1.54) is 12.1 Å². The molecular weight excluding hydrogens is 245 g/mol. The summed E-state index contributed by atoms with van der Waals surface area (Å²) in [4.78, 5) is 25.4. The first-order valence-corrected chi connectivity index (χ1v) is 5.83. The number of carbonyl (C=O) groups is 2. The van der Waals surface area contributed by atoms with Crippen molar-refractivity contribution < 1.29 is 14.0 Å². The van der Waals surface area contributed by atoms with Gasteiger partial charge in [-0.25, -0.2) is 9.29 Å². The van der Waals surface area contributed by atoms with E-state index in [2.05, 4.69) is 0 Å². The zero-order valence-electron chi connectivity index (χ0n) is 10.2. The van der Waals surface area contributed by atoms with E-state index in [0.29, 0.717) is 16.7 Å². The van der Waals surface area contributed by atoms with Gasteiger partial charge in [0, 0.05) is 0 Å². The fraction of sp³-hybridized carbons (Fsp3) is 0.0667. The lowest BCUT2D eigenvalue weighted by atomic mass is 10.1. The predicted octanol–water partition coefficient (Wildman–Crippen LogP) is 2.93. The molecule has 2 aromatic rings. The number of carbonyl (C=O) groups excluding carboxylic acids is 2. The van der Waals surface area contributed by atoms with E-state index < -0.39 is 17.6 Å². The molecule has 1 heterocycles. The van der Waals surface area contributed by atoms with Gasteiger partial charge < -0.3 is 0 Å². The van der Waals surface area contributed by atoms with Crippen LogP contribution in [-0.4, -0.2) is 11.8 Å². The maximum absolute atomic E-state index is 13.4. The Kier molecular flexibility index (Phi) is 2.45. The van der Waals surface area contributed by atoms with E-state index in [0.717, 1.165) is 4.90 Å². The molecule has 0 bridgehead atoms. The molecule has 0 radical (unpaired) electrons. The molecular formula is C15H10FNO2. The molecule has 94 valence electrons. The molecule has 0 aliphatic carbocycles. The van der Waals surface area contributed by atoms with Crippen molar-refractivity contribution in [1.29, 1.82) is 0 Å². The fourth-order valence-corrected chi connectivity index (χ4v) is 2.27. The van der Waals surface area contributed by atoms with Gasteiger partial charge in [0.15, 0.2) is 0 Å². The molecule has 4 heteroatoms. The predicted molar refractivity (Wildman–Crippen MR) is 68.7 cm³/mol. The molecule has 1 aliphatic heterocycles. The van der Waals surface area contributed by atoms with E-state index in [-0.39, 0.29) is 5.69 Å². The monoisotopic (exact) mass is 255 g/mol. The molecule has 0 aromatic heterocycles.